The monoisotopic (exact) mass is 452 g/mol. The Kier molecular flexibility index (Phi) is 6.70. The minimum absolute atomic E-state index is 0.0776. The van der Waals surface area contributed by atoms with Crippen molar-refractivity contribution in [3.05, 3.63) is 94.2 Å². The predicted octanol–water partition coefficient (Wildman–Crippen LogP) is 3.10. The molecule has 0 aliphatic rings. The van der Waals surface area contributed by atoms with E-state index in [0.717, 1.165) is 10.0 Å². The molecule has 0 atom stereocenters. The number of nitrogens with one attached hydrogen (secondary N) is 3. The van der Waals surface area contributed by atoms with Gasteiger partial charge >= 0.3 is 0 Å². The minimum atomic E-state index is -0.447. The van der Waals surface area contributed by atoms with Gasteiger partial charge in [0.2, 0.25) is 5.91 Å². The van der Waals surface area contributed by atoms with Crippen molar-refractivity contribution in [2.24, 2.45) is 0 Å². The Labute approximate surface area is 175 Å². The summed E-state index contributed by atoms with van der Waals surface area (Å²) < 4.78 is 0.897. The van der Waals surface area contributed by atoms with Gasteiger partial charge in [0.05, 0.1) is 12.0 Å². The summed E-state index contributed by atoms with van der Waals surface area (Å²) in [5, 5.41) is 2.80. The summed E-state index contributed by atoms with van der Waals surface area (Å²) in [6, 6.07) is 17.2. The molecular weight excluding hydrogens is 436 g/mol. The number of nitrogens with zero attached hydrogens (tertiary/aromatic N) is 1. The third-order valence-electron chi connectivity index (χ3n) is 3.92. The Bertz CT molecular complexity index is 1010. The molecule has 3 rings (SSSR count). The van der Waals surface area contributed by atoms with Crippen LogP contribution in [0.4, 0.5) is 5.69 Å². The first-order chi connectivity index (χ1) is 14.0. The molecule has 0 fully saturated rings. The summed E-state index contributed by atoms with van der Waals surface area (Å²) in [6.07, 6.45) is 3.04. The first-order valence-electron chi connectivity index (χ1n) is 8.66. The number of rotatable bonds is 5. The van der Waals surface area contributed by atoms with Crippen LogP contribution in [0.25, 0.3) is 0 Å². The summed E-state index contributed by atoms with van der Waals surface area (Å²) in [4.78, 5) is 39.9. The summed E-state index contributed by atoms with van der Waals surface area (Å²) in [6.45, 7) is 0. The van der Waals surface area contributed by atoms with Crippen molar-refractivity contribution < 1.29 is 14.4 Å². The zero-order chi connectivity index (χ0) is 20.6. The lowest BCUT2D eigenvalue weighted by molar-refractivity contribution is -0.121. The van der Waals surface area contributed by atoms with E-state index in [-0.39, 0.29) is 18.2 Å². The molecule has 2 aromatic carbocycles. The number of hydrazine groups is 1. The molecular formula is C21H17BrN4O3. The normalized spacial score (nSPS) is 10.1. The molecule has 0 aliphatic carbocycles. The van der Waals surface area contributed by atoms with E-state index < -0.39 is 5.91 Å². The summed E-state index contributed by atoms with van der Waals surface area (Å²) in [5.41, 5.74) is 6.94. The van der Waals surface area contributed by atoms with Crippen molar-refractivity contribution in [1.82, 2.24) is 15.8 Å². The van der Waals surface area contributed by atoms with Gasteiger partial charge in [-0.2, -0.15) is 0 Å². The SMILES string of the molecule is O=C(Cc1ccc(NC(=O)c2ccc(Br)cc2)cc1)NNC(=O)c1cccnc1. The van der Waals surface area contributed by atoms with Crippen molar-refractivity contribution in [3.63, 3.8) is 0 Å². The molecule has 3 N–H and O–H groups in total. The number of amides is 3. The summed E-state index contributed by atoms with van der Waals surface area (Å²) >= 11 is 3.33. The molecule has 146 valence electrons. The average molecular weight is 453 g/mol. The number of anilines is 1. The lowest BCUT2D eigenvalue weighted by Gasteiger charge is -2.09. The Morgan fingerprint density at radius 2 is 1.55 bits per heavy atom. The fourth-order valence-corrected chi connectivity index (χ4v) is 2.70. The average Bonchev–Trinajstić information content (AvgIpc) is 2.74. The Morgan fingerprint density at radius 3 is 2.21 bits per heavy atom. The van der Waals surface area contributed by atoms with Crippen LogP contribution in [-0.4, -0.2) is 22.7 Å². The molecule has 0 radical (unpaired) electrons. The summed E-state index contributed by atoms with van der Waals surface area (Å²) in [5.74, 6) is -1.03. The fraction of sp³-hybridized carbons (Fsp3) is 0.0476. The van der Waals surface area contributed by atoms with Crippen LogP contribution >= 0.6 is 15.9 Å². The fourth-order valence-electron chi connectivity index (χ4n) is 2.44. The number of pyridine rings is 1. The second-order valence-electron chi connectivity index (χ2n) is 6.08. The van der Waals surface area contributed by atoms with E-state index in [1.807, 2.05) is 0 Å². The van der Waals surface area contributed by atoms with Gasteiger partial charge in [-0.15, -0.1) is 0 Å². The molecule has 1 aromatic heterocycles. The lowest BCUT2D eigenvalue weighted by Crippen LogP contribution is -2.42. The highest BCUT2D eigenvalue weighted by atomic mass is 79.9. The van der Waals surface area contributed by atoms with Gasteiger partial charge in [-0.1, -0.05) is 28.1 Å². The molecule has 29 heavy (non-hydrogen) atoms. The van der Waals surface area contributed by atoms with E-state index in [2.05, 4.69) is 37.1 Å². The Balaban J connectivity index is 1.49. The zero-order valence-electron chi connectivity index (χ0n) is 15.2. The first-order valence-corrected chi connectivity index (χ1v) is 9.45. The van der Waals surface area contributed by atoms with Gasteiger partial charge in [-0.05, 0) is 54.1 Å². The van der Waals surface area contributed by atoms with E-state index in [1.165, 1.54) is 6.20 Å². The van der Waals surface area contributed by atoms with Crippen molar-refractivity contribution in [1.29, 1.82) is 0 Å². The van der Waals surface area contributed by atoms with Gasteiger partial charge in [0.15, 0.2) is 0 Å². The van der Waals surface area contributed by atoms with E-state index in [4.69, 9.17) is 0 Å². The highest BCUT2D eigenvalue weighted by Crippen LogP contribution is 2.14. The maximum Gasteiger partial charge on any atom is 0.271 e. The van der Waals surface area contributed by atoms with E-state index >= 15 is 0 Å². The highest BCUT2D eigenvalue weighted by Gasteiger charge is 2.09. The van der Waals surface area contributed by atoms with Gasteiger partial charge in [-0.25, -0.2) is 0 Å². The molecule has 7 nitrogen and oxygen atoms in total. The van der Waals surface area contributed by atoms with Gasteiger partial charge in [0.25, 0.3) is 11.8 Å². The molecule has 0 unspecified atom stereocenters. The number of benzene rings is 2. The number of carbonyl (C=O) groups is 3. The molecule has 1 heterocycles. The van der Waals surface area contributed by atoms with Crippen LogP contribution in [0, 0.1) is 0 Å². The maximum absolute atomic E-state index is 12.2. The van der Waals surface area contributed by atoms with Crippen molar-refractivity contribution >= 4 is 39.3 Å². The molecule has 8 heteroatoms. The Morgan fingerprint density at radius 1 is 0.828 bits per heavy atom. The van der Waals surface area contributed by atoms with Crippen molar-refractivity contribution in [2.75, 3.05) is 5.32 Å². The molecule has 0 saturated heterocycles. The number of carbonyl (C=O) groups excluding carboxylic acids is 3. The molecule has 0 bridgehead atoms. The van der Waals surface area contributed by atoms with Gasteiger partial charge in [0.1, 0.15) is 0 Å². The van der Waals surface area contributed by atoms with Gasteiger partial charge in [-0.3, -0.25) is 30.2 Å². The zero-order valence-corrected chi connectivity index (χ0v) is 16.8. The van der Waals surface area contributed by atoms with Gasteiger partial charge in [0, 0.05) is 28.1 Å². The molecule has 0 saturated carbocycles. The van der Waals surface area contributed by atoms with Crippen molar-refractivity contribution in [3.8, 4) is 0 Å². The van der Waals surface area contributed by atoms with Crippen LogP contribution in [-0.2, 0) is 11.2 Å². The topological polar surface area (TPSA) is 100 Å². The number of hydrogen-bond donors (Lipinski definition) is 3. The first kappa shape index (κ1) is 20.2. The van der Waals surface area contributed by atoms with E-state index in [1.54, 1.807) is 66.9 Å². The smallest absolute Gasteiger partial charge is 0.271 e. The minimum Gasteiger partial charge on any atom is -0.322 e. The van der Waals surface area contributed by atoms with E-state index in [0.29, 0.717) is 16.8 Å². The third-order valence-corrected chi connectivity index (χ3v) is 4.45. The van der Waals surface area contributed by atoms with Crippen LogP contribution in [0.15, 0.2) is 77.5 Å². The molecule has 3 aromatic rings. The molecule has 0 aliphatic heterocycles. The highest BCUT2D eigenvalue weighted by molar-refractivity contribution is 9.10. The Hall–Kier alpha value is -3.52. The molecule has 0 spiro atoms. The maximum atomic E-state index is 12.2. The largest absolute Gasteiger partial charge is 0.322 e. The van der Waals surface area contributed by atoms with Crippen LogP contribution in [0.5, 0.6) is 0 Å². The molecule has 3 amide bonds. The quantitative estimate of drug-likeness (QED) is 0.517. The number of hydrogen-bond acceptors (Lipinski definition) is 4. The number of halogens is 1. The van der Waals surface area contributed by atoms with Crippen LogP contribution in [0.3, 0.4) is 0 Å². The van der Waals surface area contributed by atoms with Crippen LogP contribution in [0.2, 0.25) is 0 Å². The van der Waals surface area contributed by atoms with Crippen molar-refractivity contribution in [2.45, 2.75) is 6.42 Å². The predicted molar refractivity (Wildman–Crippen MR) is 112 cm³/mol. The lowest BCUT2D eigenvalue weighted by atomic mass is 10.1. The van der Waals surface area contributed by atoms with Gasteiger partial charge < -0.3 is 5.32 Å². The standard InChI is InChI=1S/C21H17BrN4O3/c22-17-7-5-15(6-8-17)20(28)24-18-9-3-14(4-10-18)12-19(27)25-26-21(29)16-2-1-11-23-13-16/h1-11,13H,12H2,(H,24,28)(H,25,27)(H,26,29). The number of aromatic nitrogens is 1. The second kappa shape index (κ2) is 9.61. The van der Waals surface area contributed by atoms with Crippen LogP contribution in [0.1, 0.15) is 26.3 Å². The summed E-state index contributed by atoms with van der Waals surface area (Å²) in [7, 11) is 0. The second-order valence-corrected chi connectivity index (χ2v) is 6.99. The van der Waals surface area contributed by atoms with Crippen LogP contribution < -0.4 is 16.2 Å². The van der Waals surface area contributed by atoms with E-state index in [9.17, 15) is 14.4 Å². The third kappa shape index (κ3) is 5.98.